The van der Waals surface area contributed by atoms with Crippen molar-refractivity contribution in [2.24, 2.45) is 5.10 Å². The van der Waals surface area contributed by atoms with E-state index in [9.17, 15) is 10.1 Å². The molecule has 2 aromatic carbocycles. The maximum absolute atomic E-state index is 11.1. The first-order valence-corrected chi connectivity index (χ1v) is 9.09. The monoisotopic (exact) mass is 384 g/mol. The smallest absolute Gasteiger partial charge is 0.294 e. The Balaban J connectivity index is 1.79. The summed E-state index contributed by atoms with van der Waals surface area (Å²) in [7, 11) is 1.66. The molecule has 8 nitrogen and oxygen atoms in total. The van der Waals surface area contributed by atoms with Crippen molar-refractivity contribution in [3.05, 3.63) is 63.7 Å². The van der Waals surface area contributed by atoms with Gasteiger partial charge in [0.2, 0.25) is 0 Å². The number of nitro groups is 1. The first-order valence-electron chi connectivity index (χ1n) is 9.09. The van der Waals surface area contributed by atoms with Crippen molar-refractivity contribution < 1.29 is 14.4 Å². The third-order valence-electron chi connectivity index (χ3n) is 4.64. The van der Waals surface area contributed by atoms with Gasteiger partial charge in [-0.25, -0.2) is 0 Å². The summed E-state index contributed by atoms with van der Waals surface area (Å²) in [5.74, 6) is 0.828. The first kappa shape index (κ1) is 19.8. The minimum atomic E-state index is -0.430. The molecule has 0 aromatic heterocycles. The van der Waals surface area contributed by atoms with Gasteiger partial charge in [0.05, 0.1) is 31.0 Å². The van der Waals surface area contributed by atoms with Gasteiger partial charge in [-0.3, -0.25) is 20.4 Å². The average molecular weight is 384 g/mol. The number of methoxy groups -OCH3 is 1. The van der Waals surface area contributed by atoms with Crippen LogP contribution in [0, 0.1) is 10.1 Å². The van der Waals surface area contributed by atoms with E-state index < -0.39 is 4.92 Å². The summed E-state index contributed by atoms with van der Waals surface area (Å²) >= 11 is 0. The highest BCUT2D eigenvalue weighted by Gasteiger charge is 2.15. The van der Waals surface area contributed by atoms with Crippen LogP contribution in [-0.2, 0) is 11.3 Å². The molecule has 1 heterocycles. The summed E-state index contributed by atoms with van der Waals surface area (Å²) in [6.45, 7) is 5.89. The molecule has 0 atom stereocenters. The van der Waals surface area contributed by atoms with Crippen LogP contribution in [0.2, 0.25) is 0 Å². The second-order valence-corrected chi connectivity index (χ2v) is 6.50. The summed E-state index contributed by atoms with van der Waals surface area (Å²) in [6.07, 6.45) is 0. The topological polar surface area (TPSA) is 89.2 Å². The van der Waals surface area contributed by atoms with Crippen LogP contribution in [0.4, 0.5) is 11.4 Å². The number of anilines is 1. The molecule has 1 aliphatic heterocycles. The predicted octanol–water partition coefficient (Wildman–Crippen LogP) is 3.27. The number of benzene rings is 2. The van der Waals surface area contributed by atoms with Gasteiger partial charge in [-0.2, -0.15) is 5.10 Å². The van der Waals surface area contributed by atoms with Crippen molar-refractivity contribution in [2.75, 3.05) is 38.8 Å². The Hall–Kier alpha value is -2.97. The number of morpholine rings is 1. The van der Waals surface area contributed by atoms with Crippen molar-refractivity contribution in [1.29, 1.82) is 0 Å². The maximum atomic E-state index is 11.1. The van der Waals surface area contributed by atoms with Gasteiger partial charge in [-0.1, -0.05) is 12.1 Å². The summed E-state index contributed by atoms with van der Waals surface area (Å²) in [6, 6.07) is 12.3. The average Bonchev–Trinajstić information content (AvgIpc) is 2.73. The van der Waals surface area contributed by atoms with Gasteiger partial charge in [0, 0.05) is 31.3 Å². The first-order chi connectivity index (χ1) is 13.6. The van der Waals surface area contributed by atoms with Crippen LogP contribution in [0.1, 0.15) is 18.1 Å². The van der Waals surface area contributed by atoms with Crippen LogP contribution in [-0.4, -0.2) is 48.9 Å². The Morgan fingerprint density at radius 2 is 2.04 bits per heavy atom. The number of hydrogen-bond donors (Lipinski definition) is 1. The Morgan fingerprint density at radius 1 is 1.29 bits per heavy atom. The van der Waals surface area contributed by atoms with E-state index in [2.05, 4.69) is 15.4 Å². The zero-order valence-electron chi connectivity index (χ0n) is 16.1. The highest BCUT2D eigenvalue weighted by molar-refractivity contribution is 5.99. The van der Waals surface area contributed by atoms with Gasteiger partial charge in [0.15, 0.2) is 0 Å². The SMILES string of the molecule is COc1ccc(/C(C)=N\Nc2ccccc2[N+](=O)[O-])cc1CN1CCOCC1. The second-order valence-electron chi connectivity index (χ2n) is 6.50. The molecule has 1 saturated heterocycles. The van der Waals surface area contributed by atoms with Crippen molar-refractivity contribution in [3.8, 4) is 5.75 Å². The lowest BCUT2D eigenvalue weighted by Gasteiger charge is -2.27. The minimum absolute atomic E-state index is 0.0122. The highest BCUT2D eigenvalue weighted by Crippen LogP contribution is 2.25. The maximum Gasteiger partial charge on any atom is 0.294 e. The molecule has 0 aliphatic carbocycles. The molecule has 1 fully saturated rings. The van der Waals surface area contributed by atoms with E-state index in [4.69, 9.17) is 9.47 Å². The van der Waals surface area contributed by atoms with E-state index in [1.165, 1.54) is 6.07 Å². The fraction of sp³-hybridized carbons (Fsp3) is 0.350. The van der Waals surface area contributed by atoms with Crippen molar-refractivity contribution in [3.63, 3.8) is 0 Å². The lowest BCUT2D eigenvalue weighted by atomic mass is 10.1. The van der Waals surface area contributed by atoms with E-state index in [1.807, 2.05) is 25.1 Å². The van der Waals surface area contributed by atoms with E-state index in [-0.39, 0.29) is 5.69 Å². The molecular formula is C20H24N4O4. The number of ether oxygens (including phenoxy) is 2. The van der Waals surface area contributed by atoms with E-state index in [0.29, 0.717) is 5.69 Å². The van der Waals surface area contributed by atoms with Crippen LogP contribution in [0.3, 0.4) is 0 Å². The third-order valence-corrected chi connectivity index (χ3v) is 4.64. The molecule has 148 valence electrons. The Morgan fingerprint density at radius 3 is 2.75 bits per heavy atom. The molecule has 8 heteroatoms. The Bertz CT molecular complexity index is 863. The van der Waals surface area contributed by atoms with E-state index in [0.717, 1.165) is 55.4 Å². The van der Waals surface area contributed by atoms with Crippen molar-refractivity contribution >= 4 is 17.1 Å². The molecule has 3 rings (SSSR count). The van der Waals surface area contributed by atoms with Gasteiger partial charge in [0.1, 0.15) is 11.4 Å². The largest absolute Gasteiger partial charge is 0.496 e. The lowest BCUT2D eigenvalue weighted by Crippen LogP contribution is -2.35. The van der Waals surface area contributed by atoms with E-state index >= 15 is 0 Å². The minimum Gasteiger partial charge on any atom is -0.496 e. The number of hydrogen-bond acceptors (Lipinski definition) is 7. The quantitative estimate of drug-likeness (QED) is 0.448. The Labute approximate surface area is 163 Å². The number of para-hydroxylation sites is 2. The van der Waals surface area contributed by atoms with Crippen LogP contribution in [0.15, 0.2) is 47.6 Å². The molecule has 0 spiro atoms. The molecule has 2 aromatic rings. The molecule has 0 amide bonds. The van der Waals surface area contributed by atoms with Crippen molar-refractivity contribution in [2.45, 2.75) is 13.5 Å². The summed E-state index contributed by atoms with van der Waals surface area (Å²) in [5, 5.41) is 15.5. The predicted molar refractivity (Wildman–Crippen MR) is 108 cm³/mol. The zero-order chi connectivity index (χ0) is 19.9. The fourth-order valence-corrected chi connectivity index (χ4v) is 3.06. The molecule has 0 radical (unpaired) electrons. The number of nitrogens with zero attached hydrogens (tertiary/aromatic N) is 3. The molecule has 0 unspecified atom stereocenters. The lowest BCUT2D eigenvalue weighted by molar-refractivity contribution is -0.384. The standard InChI is InChI=1S/C20H24N4O4/c1-15(21-22-18-5-3-4-6-19(18)24(25)26)16-7-8-20(27-2)17(13-16)14-23-9-11-28-12-10-23/h3-8,13,22H,9-12,14H2,1-2H3/b21-15-. The molecular weight excluding hydrogens is 360 g/mol. The summed E-state index contributed by atoms with van der Waals surface area (Å²) < 4.78 is 10.9. The number of rotatable bonds is 7. The fourth-order valence-electron chi connectivity index (χ4n) is 3.06. The van der Waals surface area contributed by atoms with E-state index in [1.54, 1.807) is 25.3 Å². The van der Waals surface area contributed by atoms with Crippen LogP contribution < -0.4 is 10.2 Å². The normalized spacial score (nSPS) is 15.3. The zero-order valence-corrected chi connectivity index (χ0v) is 16.1. The third kappa shape index (κ3) is 4.85. The number of nitrogens with one attached hydrogen (secondary N) is 1. The second kappa shape index (κ2) is 9.29. The highest BCUT2D eigenvalue weighted by atomic mass is 16.6. The van der Waals surface area contributed by atoms with Crippen LogP contribution in [0.25, 0.3) is 0 Å². The molecule has 0 saturated carbocycles. The van der Waals surface area contributed by atoms with Crippen LogP contribution >= 0.6 is 0 Å². The number of nitro benzene ring substituents is 1. The summed E-state index contributed by atoms with van der Waals surface area (Å²) in [4.78, 5) is 13.0. The van der Waals surface area contributed by atoms with Gasteiger partial charge in [0.25, 0.3) is 5.69 Å². The molecule has 1 aliphatic rings. The van der Waals surface area contributed by atoms with Gasteiger partial charge >= 0.3 is 0 Å². The summed E-state index contributed by atoms with van der Waals surface area (Å²) in [5.41, 5.74) is 5.88. The van der Waals surface area contributed by atoms with Gasteiger partial charge < -0.3 is 9.47 Å². The number of hydrazone groups is 1. The van der Waals surface area contributed by atoms with Crippen LogP contribution in [0.5, 0.6) is 5.75 Å². The molecule has 1 N–H and O–H groups in total. The van der Waals surface area contributed by atoms with Gasteiger partial charge in [-0.15, -0.1) is 0 Å². The molecule has 28 heavy (non-hydrogen) atoms. The molecule has 0 bridgehead atoms. The van der Waals surface area contributed by atoms with Crippen molar-refractivity contribution in [1.82, 2.24) is 4.90 Å². The Kier molecular flexibility index (Phi) is 6.57. The van der Waals surface area contributed by atoms with Gasteiger partial charge in [-0.05, 0) is 36.8 Å².